The van der Waals surface area contributed by atoms with Gasteiger partial charge in [0.1, 0.15) is 0 Å². The number of hydrogen-bond donors (Lipinski definition) is 0. The lowest BCUT2D eigenvalue weighted by molar-refractivity contribution is 0.134. The Morgan fingerprint density at radius 3 is 1.20 bits per heavy atom. The first-order valence-electron chi connectivity index (χ1n) is 6.85. The Labute approximate surface area is 239 Å². The van der Waals surface area contributed by atoms with Crippen molar-refractivity contribution in [3.05, 3.63) is 56.8 Å². The lowest BCUT2D eigenvalue weighted by Gasteiger charge is -2.18. The highest BCUT2D eigenvalue weighted by Crippen LogP contribution is 2.34. The molecule has 0 aliphatic carbocycles. The standard InChI is InChI=1S/C16H10Cl2I6O/c17-9(15-11(21)1-7(19)2-12(15)22)5-25-6-10(18)16-13(23)3-8(20)4-14(16)24/h1-4,9-10H,5-6H2. The van der Waals surface area contributed by atoms with E-state index in [0.717, 1.165) is 11.1 Å². The molecule has 2 atom stereocenters. The molecule has 0 heterocycles. The Bertz CT molecular complexity index is 661. The van der Waals surface area contributed by atoms with Crippen LogP contribution in [0.1, 0.15) is 21.9 Å². The molecular formula is C16H10Cl2I6O. The summed E-state index contributed by atoms with van der Waals surface area (Å²) in [4.78, 5) is 0. The summed E-state index contributed by atoms with van der Waals surface area (Å²) < 4.78 is 13.0. The van der Waals surface area contributed by atoms with E-state index in [-0.39, 0.29) is 10.8 Å². The largest absolute Gasteiger partial charge is 0.378 e. The molecule has 0 aliphatic rings. The van der Waals surface area contributed by atoms with Gasteiger partial charge < -0.3 is 4.74 Å². The first kappa shape index (κ1) is 24.6. The normalized spacial score (nSPS) is 13.8. The van der Waals surface area contributed by atoms with E-state index in [1.165, 1.54) is 21.4 Å². The summed E-state index contributed by atoms with van der Waals surface area (Å²) in [6, 6.07) is 8.53. The molecule has 1 nitrogen and oxygen atoms in total. The van der Waals surface area contributed by atoms with E-state index in [1.807, 2.05) is 0 Å². The monoisotopic (exact) mass is 1050 g/mol. The molecular weight excluding hydrogens is 1040 g/mol. The fourth-order valence-electron chi connectivity index (χ4n) is 2.15. The van der Waals surface area contributed by atoms with Crippen molar-refractivity contribution in [2.45, 2.75) is 10.8 Å². The molecule has 136 valence electrons. The summed E-state index contributed by atoms with van der Waals surface area (Å²) in [5, 5.41) is -0.371. The molecule has 0 aromatic heterocycles. The number of halogens is 8. The van der Waals surface area contributed by atoms with E-state index >= 15 is 0 Å². The van der Waals surface area contributed by atoms with E-state index < -0.39 is 0 Å². The van der Waals surface area contributed by atoms with Gasteiger partial charge in [0.25, 0.3) is 0 Å². The Kier molecular flexibility index (Phi) is 11.5. The van der Waals surface area contributed by atoms with Gasteiger partial charge in [-0.2, -0.15) is 0 Å². The third-order valence-corrected chi connectivity index (χ3v) is 8.75. The Hall–Kier alpha value is 3.36. The highest BCUT2D eigenvalue weighted by Gasteiger charge is 2.19. The van der Waals surface area contributed by atoms with E-state index in [9.17, 15) is 0 Å². The van der Waals surface area contributed by atoms with Gasteiger partial charge in [-0.05, 0) is 171 Å². The van der Waals surface area contributed by atoms with Gasteiger partial charge in [-0.15, -0.1) is 23.2 Å². The average molecular weight is 1050 g/mol. The van der Waals surface area contributed by atoms with Gasteiger partial charge in [0.2, 0.25) is 0 Å². The summed E-state index contributed by atoms with van der Waals surface area (Å²) in [7, 11) is 0. The van der Waals surface area contributed by atoms with Crippen molar-refractivity contribution < 1.29 is 4.74 Å². The van der Waals surface area contributed by atoms with Crippen molar-refractivity contribution in [2.24, 2.45) is 0 Å². The van der Waals surface area contributed by atoms with Crippen LogP contribution in [0.5, 0.6) is 0 Å². The van der Waals surface area contributed by atoms with Gasteiger partial charge in [0.05, 0.1) is 24.0 Å². The second-order valence-electron chi connectivity index (χ2n) is 5.04. The van der Waals surface area contributed by atoms with Crippen LogP contribution in [0.3, 0.4) is 0 Å². The molecule has 0 N–H and O–H groups in total. The minimum Gasteiger partial charge on any atom is -0.378 e. The van der Waals surface area contributed by atoms with Crippen LogP contribution < -0.4 is 0 Å². The summed E-state index contributed by atoms with van der Waals surface area (Å²) >= 11 is 27.2. The number of alkyl halides is 2. The lowest BCUT2D eigenvalue weighted by atomic mass is 10.1. The molecule has 0 amide bonds. The van der Waals surface area contributed by atoms with Crippen LogP contribution >= 0.6 is 159 Å². The first-order chi connectivity index (χ1) is 11.7. The first-order valence-corrected chi connectivity index (χ1v) is 14.2. The van der Waals surface area contributed by atoms with Crippen LogP contribution in [0.4, 0.5) is 0 Å². The van der Waals surface area contributed by atoms with Crippen LogP contribution in [-0.4, -0.2) is 13.2 Å². The number of benzene rings is 2. The molecule has 2 aromatic rings. The van der Waals surface area contributed by atoms with Gasteiger partial charge in [-0.3, -0.25) is 0 Å². The molecule has 0 saturated carbocycles. The maximum atomic E-state index is 6.60. The fourth-order valence-corrected chi connectivity index (χ4v) is 12.2. The third kappa shape index (κ3) is 7.22. The minimum atomic E-state index is -0.186. The maximum absolute atomic E-state index is 6.60. The molecule has 25 heavy (non-hydrogen) atoms. The number of rotatable bonds is 6. The molecule has 2 rings (SSSR count). The second-order valence-corrected chi connectivity index (χ2v) is 13.2. The zero-order chi connectivity index (χ0) is 18.7. The molecule has 0 radical (unpaired) electrons. The van der Waals surface area contributed by atoms with E-state index in [2.05, 4.69) is 160 Å². The van der Waals surface area contributed by atoms with Crippen molar-refractivity contribution in [3.8, 4) is 0 Å². The van der Waals surface area contributed by atoms with Crippen LogP contribution in [0.25, 0.3) is 0 Å². The van der Waals surface area contributed by atoms with Gasteiger partial charge in [-0.25, -0.2) is 0 Å². The summed E-state index contributed by atoms with van der Waals surface area (Å²) in [5.74, 6) is 0. The van der Waals surface area contributed by atoms with Crippen molar-refractivity contribution in [1.29, 1.82) is 0 Å². The van der Waals surface area contributed by atoms with Crippen molar-refractivity contribution in [3.63, 3.8) is 0 Å². The zero-order valence-electron chi connectivity index (χ0n) is 12.3. The molecule has 0 bridgehead atoms. The molecule has 9 heteroatoms. The topological polar surface area (TPSA) is 9.23 Å². The second kappa shape index (κ2) is 11.7. The van der Waals surface area contributed by atoms with Crippen molar-refractivity contribution in [1.82, 2.24) is 0 Å². The van der Waals surface area contributed by atoms with Gasteiger partial charge >= 0.3 is 0 Å². The summed E-state index contributed by atoms with van der Waals surface area (Å²) in [6.07, 6.45) is 0. The van der Waals surface area contributed by atoms with Gasteiger partial charge in [0.15, 0.2) is 0 Å². The van der Waals surface area contributed by atoms with E-state index in [0.29, 0.717) is 13.2 Å². The highest BCUT2D eigenvalue weighted by atomic mass is 127. The summed E-state index contributed by atoms with van der Waals surface area (Å²) in [5.41, 5.74) is 2.26. The third-order valence-electron chi connectivity index (χ3n) is 3.24. The molecule has 0 spiro atoms. The van der Waals surface area contributed by atoms with Crippen LogP contribution in [0.2, 0.25) is 0 Å². The summed E-state index contributed by atoms with van der Waals surface area (Å²) in [6.45, 7) is 0.879. The van der Waals surface area contributed by atoms with E-state index in [4.69, 9.17) is 27.9 Å². The highest BCUT2D eigenvalue weighted by molar-refractivity contribution is 14.1. The molecule has 0 saturated heterocycles. The Morgan fingerprint density at radius 2 is 0.920 bits per heavy atom. The van der Waals surface area contributed by atoms with Gasteiger partial charge in [0, 0.05) is 21.4 Å². The number of hydrogen-bond acceptors (Lipinski definition) is 1. The quantitative estimate of drug-likeness (QED) is 0.208. The average Bonchev–Trinajstić information content (AvgIpc) is 2.44. The molecule has 2 aromatic carbocycles. The zero-order valence-corrected chi connectivity index (χ0v) is 26.8. The Balaban J connectivity index is 2.01. The van der Waals surface area contributed by atoms with E-state index in [1.54, 1.807) is 0 Å². The number of ether oxygens (including phenoxy) is 1. The minimum absolute atomic E-state index is 0.186. The smallest absolute Gasteiger partial charge is 0.0839 e. The molecule has 0 aliphatic heterocycles. The Morgan fingerprint density at radius 1 is 0.640 bits per heavy atom. The lowest BCUT2D eigenvalue weighted by Crippen LogP contribution is -2.11. The van der Waals surface area contributed by atoms with Gasteiger partial charge in [-0.1, -0.05) is 0 Å². The van der Waals surface area contributed by atoms with Crippen LogP contribution in [0.15, 0.2) is 24.3 Å². The predicted molar refractivity (Wildman–Crippen MR) is 157 cm³/mol. The van der Waals surface area contributed by atoms with Crippen molar-refractivity contribution in [2.75, 3.05) is 13.2 Å². The van der Waals surface area contributed by atoms with Crippen molar-refractivity contribution >= 4 is 159 Å². The molecule has 0 fully saturated rings. The fraction of sp³-hybridized carbons (Fsp3) is 0.250. The van der Waals surface area contributed by atoms with Crippen LogP contribution in [-0.2, 0) is 4.74 Å². The predicted octanol–water partition coefficient (Wildman–Crippen LogP) is 8.59. The van der Waals surface area contributed by atoms with Crippen LogP contribution in [0, 0.1) is 21.4 Å². The SMILES string of the molecule is ClC(COCC(Cl)c1c(I)cc(I)cc1I)c1c(I)cc(I)cc1I. The molecule has 2 unspecified atom stereocenters. The maximum Gasteiger partial charge on any atom is 0.0839 e.